The van der Waals surface area contributed by atoms with Crippen LogP contribution < -0.4 is 0 Å². The third kappa shape index (κ3) is 2.20. The zero-order valence-corrected chi connectivity index (χ0v) is 12.0. The Labute approximate surface area is 121 Å². The molecule has 5 atom stereocenters. The molecule has 0 aliphatic carbocycles. The fourth-order valence-corrected chi connectivity index (χ4v) is 2.59. The third-order valence-electron chi connectivity index (χ3n) is 3.93. The van der Waals surface area contributed by atoms with Gasteiger partial charge in [-0.25, -0.2) is 15.0 Å². The van der Waals surface area contributed by atoms with Gasteiger partial charge in [-0.15, -0.1) is 0 Å². The Balaban J connectivity index is 1.98. The summed E-state index contributed by atoms with van der Waals surface area (Å²) in [7, 11) is 1.53. The molecule has 0 saturated carbocycles. The van der Waals surface area contributed by atoms with Gasteiger partial charge in [0.25, 0.3) is 0 Å². The monoisotopic (exact) mass is 294 g/mol. The number of aliphatic hydroxyl groups is 2. The number of hydrogen-bond donors (Lipinski definition) is 2. The topological polar surface area (TPSA) is 103 Å². The molecule has 1 aliphatic rings. The number of aromatic nitrogens is 4. The van der Waals surface area contributed by atoms with E-state index in [2.05, 4.69) is 15.0 Å². The minimum absolute atomic E-state index is 0.342. The van der Waals surface area contributed by atoms with Gasteiger partial charge in [0.05, 0.1) is 18.1 Å². The molecule has 3 heterocycles. The summed E-state index contributed by atoms with van der Waals surface area (Å²) in [5.74, 6) is 0. The smallest absolute Gasteiger partial charge is 0.165 e. The maximum atomic E-state index is 10.3. The van der Waals surface area contributed by atoms with Gasteiger partial charge < -0.3 is 19.7 Å². The van der Waals surface area contributed by atoms with Crippen LogP contribution in [0.1, 0.15) is 18.8 Å². The Hall–Kier alpha value is -1.61. The van der Waals surface area contributed by atoms with Crippen LogP contribution >= 0.6 is 0 Å². The maximum Gasteiger partial charge on any atom is 0.165 e. The second-order valence-electron chi connectivity index (χ2n) is 5.20. The Morgan fingerprint density at radius 1 is 1.29 bits per heavy atom. The van der Waals surface area contributed by atoms with Crippen LogP contribution in [0.15, 0.2) is 12.7 Å². The number of ether oxygens (including phenoxy) is 2. The Kier molecular flexibility index (Phi) is 3.62. The van der Waals surface area contributed by atoms with Crippen LogP contribution in [0.5, 0.6) is 0 Å². The third-order valence-corrected chi connectivity index (χ3v) is 3.93. The molecule has 0 aromatic carbocycles. The second-order valence-corrected chi connectivity index (χ2v) is 5.20. The SMILES string of the molecule is COC(C)[C@H]1O[C@@H](n2cnc3c(C)ncnc32)[C@H](O)[C@@H]1O. The molecule has 1 unspecified atom stereocenters. The first-order valence-electron chi connectivity index (χ1n) is 6.73. The highest BCUT2D eigenvalue weighted by Crippen LogP contribution is 2.33. The lowest BCUT2D eigenvalue weighted by Crippen LogP contribution is -2.38. The van der Waals surface area contributed by atoms with Crippen LogP contribution in [0.3, 0.4) is 0 Å². The van der Waals surface area contributed by atoms with Crippen molar-refractivity contribution in [2.24, 2.45) is 0 Å². The van der Waals surface area contributed by atoms with Gasteiger partial charge in [-0.1, -0.05) is 0 Å². The average molecular weight is 294 g/mol. The molecule has 1 saturated heterocycles. The van der Waals surface area contributed by atoms with E-state index in [0.29, 0.717) is 11.2 Å². The van der Waals surface area contributed by atoms with E-state index in [0.717, 1.165) is 5.69 Å². The largest absolute Gasteiger partial charge is 0.387 e. The zero-order valence-electron chi connectivity index (χ0n) is 12.0. The molecule has 8 heteroatoms. The zero-order chi connectivity index (χ0) is 15.1. The molecule has 3 rings (SSSR count). The highest BCUT2D eigenvalue weighted by Gasteiger charge is 2.46. The molecule has 114 valence electrons. The van der Waals surface area contributed by atoms with E-state index in [1.54, 1.807) is 11.5 Å². The van der Waals surface area contributed by atoms with Gasteiger partial charge in [-0.05, 0) is 13.8 Å². The fraction of sp³-hybridized carbons (Fsp3) is 0.615. The molecule has 0 bridgehead atoms. The van der Waals surface area contributed by atoms with Gasteiger partial charge in [-0.2, -0.15) is 0 Å². The van der Waals surface area contributed by atoms with Gasteiger partial charge in [-0.3, -0.25) is 4.57 Å². The number of imidazole rings is 1. The van der Waals surface area contributed by atoms with Crippen molar-refractivity contribution in [2.45, 2.75) is 44.5 Å². The van der Waals surface area contributed by atoms with Crippen LogP contribution in [0.25, 0.3) is 11.2 Å². The van der Waals surface area contributed by atoms with Crippen molar-refractivity contribution in [1.29, 1.82) is 0 Å². The number of fused-ring (bicyclic) bond motifs is 1. The molecule has 21 heavy (non-hydrogen) atoms. The summed E-state index contributed by atoms with van der Waals surface area (Å²) in [4.78, 5) is 12.5. The Morgan fingerprint density at radius 2 is 2.05 bits per heavy atom. The minimum Gasteiger partial charge on any atom is -0.387 e. The number of aryl methyl sites for hydroxylation is 1. The number of nitrogens with zero attached hydrogens (tertiary/aromatic N) is 4. The van der Waals surface area contributed by atoms with E-state index in [4.69, 9.17) is 9.47 Å². The van der Waals surface area contributed by atoms with Crippen LogP contribution in [0.2, 0.25) is 0 Å². The van der Waals surface area contributed by atoms with Crippen LogP contribution in [0, 0.1) is 6.92 Å². The molecule has 0 radical (unpaired) electrons. The fourth-order valence-electron chi connectivity index (χ4n) is 2.59. The molecule has 8 nitrogen and oxygen atoms in total. The highest BCUT2D eigenvalue weighted by atomic mass is 16.6. The van der Waals surface area contributed by atoms with Crippen molar-refractivity contribution >= 4 is 11.2 Å². The molecular weight excluding hydrogens is 276 g/mol. The second kappa shape index (κ2) is 5.30. The summed E-state index contributed by atoms with van der Waals surface area (Å²) in [6.45, 7) is 3.61. The van der Waals surface area contributed by atoms with Crippen molar-refractivity contribution in [3.63, 3.8) is 0 Å². The predicted octanol–water partition coefficient (Wildman–Crippen LogP) is -0.211. The average Bonchev–Trinajstić information content (AvgIpc) is 3.02. The maximum absolute atomic E-state index is 10.3. The molecule has 2 aromatic rings. The quantitative estimate of drug-likeness (QED) is 0.807. The lowest BCUT2D eigenvalue weighted by atomic mass is 10.1. The summed E-state index contributed by atoms with van der Waals surface area (Å²) in [6, 6.07) is 0. The van der Waals surface area contributed by atoms with Crippen LogP contribution in [-0.4, -0.2) is 61.3 Å². The van der Waals surface area contributed by atoms with E-state index in [1.807, 2.05) is 6.92 Å². The molecule has 0 spiro atoms. The minimum atomic E-state index is -1.08. The van der Waals surface area contributed by atoms with Crippen molar-refractivity contribution in [2.75, 3.05) is 7.11 Å². The number of hydrogen-bond acceptors (Lipinski definition) is 7. The predicted molar refractivity (Wildman–Crippen MR) is 72.5 cm³/mol. The van der Waals surface area contributed by atoms with Crippen molar-refractivity contribution in [3.05, 3.63) is 18.3 Å². The van der Waals surface area contributed by atoms with Crippen LogP contribution in [-0.2, 0) is 9.47 Å². The normalized spacial score (nSPS) is 30.9. The van der Waals surface area contributed by atoms with Crippen molar-refractivity contribution < 1.29 is 19.7 Å². The standard InChI is InChI=1S/C13H18N4O4/c1-6-8-12(15-4-14-6)17(5-16-8)13-10(19)9(18)11(21-13)7(2)20-3/h4-5,7,9-11,13,18-19H,1-3H3/t7?,9-,10+,11+,13+/m0/s1. The van der Waals surface area contributed by atoms with E-state index in [1.165, 1.54) is 19.8 Å². The number of methoxy groups -OCH3 is 1. The van der Waals surface area contributed by atoms with E-state index < -0.39 is 24.5 Å². The van der Waals surface area contributed by atoms with Gasteiger partial charge >= 0.3 is 0 Å². The van der Waals surface area contributed by atoms with Crippen LogP contribution in [0.4, 0.5) is 0 Å². The lowest BCUT2D eigenvalue weighted by Gasteiger charge is -2.20. The lowest BCUT2D eigenvalue weighted by molar-refractivity contribution is -0.0893. The number of aliphatic hydroxyl groups excluding tert-OH is 2. The summed E-state index contributed by atoms with van der Waals surface area (Å²) in [6.07, 6.45) is -0.871. The van der Waals surface area contributed by atoms with Gasteiger partial charge in [0.1, 0.15) is 30.2 Å². The summed E-state index contributed by atoms with van der Waals surface area (Å²) in [5, 5.41) is 20.4. The molecule has 2 N–H and O–H groups in total. The molecule has 1 fully saturated rings. The van der Waals surface area contributed by atoms with E-state index >= 15 is 0 Å². The van der Waals surface area contributed by atoms with Gasteiger partial charge in [0.15, 0.2) is 11.9 Å². The summed E-state index contributed by atoms with van der Waals surface area (Å²) < 4.78 is 12.6. The number of rotatable bonds is 3. The van der Waals surface area contributed by atoms with Crippen molar-refractivity contribution in [3.8, 4) is 0 Å². The first kappa shape index (κ1) is 14.3. The molecule has 2 aromatic heterocycles. The summed E-state index contributed by atoms with van der Waals surface area (Å²) >= 11 is 0. The molecule has 1 aliphatic heterocycles. The molecular formula is C13H18N4O4. The summed E-state index contributed by atoms with van der Waals surface area (Å²) in [5.41, 5.74) is 1.95. The highest BCUT2D eigenvalue weighted by molar-refractivity contribution is 5.72. The Bertz CT molecular complexity index is 646. The Morgan fingerprint density at radius 3 is 2.76 bits per heavy atom. The molecule has 0 amide bonds. The first-order valence-corrected chi connectivity index (χ1v) is 6.73. The van der Waals surface area contributed by atoms with Gasteiger partial charge in [0.2, 0.25) is 0 Å². The first-order chi connectivity index (χ1) is 10.0. The van der Waals surface area contributed by atoms with Crippen molar-refractivity contribution in [1.82, 2.24) is 19.5 Å². The van der Waals surface area contributed by atoms with E-state index in [-0.39, 0.29) is 6.10 Å². The van der Waals surface area contributed by atoms with Gasteiger partial charge in [0, 0.05) is 7.11 Å². The van der Waals surface area contributed by atoms with E-state index in [9.17, 15) is 10.2 Å².